The van der Waals surface area contributed by atoms with Gasteiger partial charge in [0.2, 0.25) is 0 Å². The third-order valence-corrected chi connectivity index (χ3v) is 2.39. The van der Waals surface area contributed by atoms with Crippen LogP contribution >= 0.6 is 0 Å². The summed E-state index contributed by atoms with van der Waals surface area (Å²) in [4.78, 5) is 11.4. The van der Waals surface area contributed by atoms with E-state index >= 15 is 0 Å². The molecule has 1 N–H and O–H groups in total. The predicted molar refractivity (Wildman–Crippen MR) is 78.3 cm³/mol. The minimum absolute atomic E-state index is 0.429. The third kappa shape index (κ3) is 7.82. The third-order valence-electron chi connectivity index (χ3n) is 2.39. The quantitative estimate of drug-likeness (QED) is 0.592. The minimum atomic E-state index is -0.429. The second kappa shape index (κ2) is 9.95. The number of amides is 1. The van der Waals surface area contributed by atoms with Crippen molar-refractivity contribution in [2.45, 2.75) is 26.2 Å². The second-order valence-corrected chi connectivity index (χ2v) is 4.01. The van der Waals surface area contributed by atoms with E-state index in [4.69, 9.17) is 4.74 Å². The van der Waals surface area contributed by atoms with Gasteiger partial charge in [-0.1, -0.05) is 49.4 Å². The normalized spacial score (nSPS) is 11.0. The molecule has 0 saturated heterocycles. The van der Waals surface area contributed by atoms with Crippen LogP contribution in [-0.4, -0.2) is 12.6 Å². The number of carbonyl (C=O) groups excluding carboxylic acids is 1. The number of carbonyl (C=O) groups is 1. The van der Waals surface area contributed by atoms with E-state index < -0.39 is 6.09 Å². The van der Waals surface area contributed by atoms with Crippen LogP contribution in [0.3, 0.4) is 0 Å². The van der Waals surface area contributed by atoms with E-state index in [9.17, 15) is 4.79 Å². The molecule has 0 aliphatic carbocycles. The number of rotatable bonds is 7. The number of hydrogen-bond donors (Lipinski definition) is 1. The first-order chi connectivity index (χ1) is 9.33. The van der Waals surface area contributed by atoms with Crippen LogP contribution in [0.15, 0.2) is 54.6 Å². The lowest BCUT2D eigenvalue weighted by atomic mass is 10.2. The molecule has 1 aromatic carbocycles. The van der Waals surface area contributed by atoms with Crippen molar-refractivity contribution in [3.8, 4) is 5.75 Å². The average molecular weight is 259 g/mol. The Morgan fingerprint density at radius 3 is 2.47 bits per heavy atom. The fourth-order valence-corrected chi connectivity index (χ4v) is 1.45. The lowest BCUT2D eigenvalue weighted by Gasteiger charge is -2.03. The average Bonchev–Trinajstić information content (AvgIpc) is 2.43. The zero-order chi connectivity index (χ0) is 13.8. The zero-order valence-electron chi connectivity index (χ0n) is 11.3. The fraction of sp³-hybridized carbons (Fsp3) is 0.312. The van der Waals surface area contributed by atoms with Crippen molar-refractivity contribution in [2.24, 2.45) is 0 Å². The molecule has 0 saturated carbocycles. The van der Waals surface area contributed by atoms with Crippen LogP contribution in [-0.2, 0) is 0 Å². The molecule has 0 aliphatic rings. The Morgan fingerprint density at radius 2 is 1.79 bits per heavy atom. The number of para-hydroxylation sites is 1. The fourth-order valence-electron chi connectivity index (χ4n) is 1.45. The molecule has 1 rings (SSSR count). The summed E-state index contributed by atoms with van der Waals surface area (Å²) in [7, 11) is 0. The molecule has 0 spiro atoms. The van der Waals surface area contributed by atoms with Gasteiger partial charge in [0.05, 0.1) is 0 Å². The van der Waals surface area contributed by atoms with Gasteiger partial charge in [-0.3, -0.25) is 0 Å². The van der Waals surface area contributed by atoms with Gasteiger partial charge in [-0.25, -0.2) is 4.79 Å². The maximum Gasteiger partial charge on any atom is 0.412 e. The summed E-state index contributed by atoms with van der Waals surface area (Å²) < 4.78 is 5.08. The summed E-state index contributed by atoms with van der Waals surface area (Å²) in [5.41, 5.74) is 0. The summed E-state index contributed by atoms with van der Waals surface area (Å²) in [5, 5.41) is 2.67. The smallest absolute Gasteiger partial charge is 0.410 e. The number of ether oxygens (including phenoxy) is 1. The minimum Gasteiger partial charge on any atom is -0.410 e. The molecule has 0 fully saturated rings. The van der Waals surface area contributed by atoms with Gasteiger partial charge in [-0.2, -0.15) is 0 Å². The van der Waals surface area contributed by atoms with Crippen molar-refractivity contribution in [3.05, 3.63) is 54.6 Å². The molecule has 102 valence electrons. The summed E-state index contributed by atoms with van der Waals surface area (Å²) in [6.45, 7) is 2.61. The molecule has 0 aliphatic heterocycles. The molecular weight excluding hydrogens is 238 g/mol. The lowest BCUT2D eigenvalue weighted by molar-refractivity contribution is 0.201. The second-order valence-electron chi connectivity index (χ2n) is 4.01. The van der Waals surface area contributed by atoms with Crippen molar-refractivity contribution in [1.82, 2.24) is 5.32 Å². The molecule has 0 heterocycles. The number of hydrogen-bond acceptors (Lipinski definition) is 2. The first kappa shape index (κ1) is 15.0. The molecular formula is C16H21NO2. The maximum absolute atomic E-state index is 11.4. The van der Waals surface area contributed by atoms with E-state index in [-0.39, 0.29) is 0 Å². The Hall–Kier alpha value is -2.03. The van der Waals surface area contributed by atoms with Gasteiger partial charge in [-0.05, 0) is 31.4 Å². The van der Waals surface area contributed by atoms with E-state index in [1.54, 1.807) is 12.1 Å². The molecule has 1 amide bonds. The van der Waals surface area contributed by atoms with Crippen molar-refractivity contribution in [3.63, 3.8) is 0 Å². The topological polar surface area (TPSA) is 38.3 Å². The highest BCUT2D eigenvalue weighted by molar-refractivity contribution is 5.70. The highest BCUT2D eigenvalue weighted by Crippen LogP contribution is 2.07. The maximum atomic E-state index is 11.4. The molecule has 0 aromatic heterocycles. The molecule has 0 atom stereocenters. The molecule has 0 bridgehead atoms. The van der Waals surface area contributed by atoms with Crippen LogP contribution in [0.2, 0.25) is 0 Å². The largest absolute Gasteiger partial charge is 0.412 e. The Labute approximate surface area is 115 Å². The van der Waals surface area contributed by atoms with Crippen LogP contribution < -0.4 is 10.1 Å². The van der Waals surface area contributed by atoms with Crippen molar-refractivity contribution < 1.29 is 9.53 Å². The van der Waals surface area contributed by atoms with Crippen molar-refractivity contribution >= 4 is 6.09 Å². The monoisotopic (exact) mass is 259 g/mol. The van der Waals surface area contributed by atoms with E-state index in [1.807, 2.05) is 24.3 Å². The van der Waals surface area contributed by atoms with Gasteiger partial charge >= 0.3 is 6.09 Å². The SMILES string of the molecule is CCC=CCCC=CCNC(=O)Oc1ccccc1. The highest BCUT2D eigenvalue weighted by atomic mass is 16.5. The lowest BCUT2D eigenvalue weighted by Crippen LogP contribution is -2.26. The van der Waals surface area contributed by atoms with Gasteiger partial charge in [0.15, 0.2) is 0 Å². The van der Waals surface area contributed by atoms with Crippen molar-refractivity contribution in [2.75, 3.05) is 6.54 Å². The van der Waals surface area contributed by atoms with E-state index in [1.165, 1.54) is 0 Å². The first-order valence-electron chi connectivity index (χ1n) is 6.63. The van der Waals surface area contributed by atoms with Gasteiger partial charge in [0, 0.05) is 6.54 Å². The van der Waals surface area contributed by atoms with Crippen LogP contribution in [0.1, 0.15) is 26.2 Å². The van der Waals surface area contributed by atoms with E-state index in [2.05, 4.69) is 30.5 Å². The summed E-state index contributed by atoms with van der Waals surface area (Å²) in [5.74, 6) is 0.550. The highest BCUT2D eigenvalue weighted by Gasteiger charge is 2.00. The molecule has 0 radical (unpaired) electrons. The number of nitrogens with one attached hydrogen (secondary N) is 1. The summed E-state index contributed by atoms with van der Waals surface area (Å²) in [6.07, 6.45) is 11.0. The first-order valence-corrected chi connectivity index (χ1v) is 6.63. The van der Waals surface area contributed by atoms with Crippen LogP contribution in [0.4, 0.5) is 4.79 Å². The summed E-state index contributed by atoms with van der Waals surface area (Å²) in [6, 6.07) is 9.02. The van der Waals surface area contributed by atoms with E-state index in [0.29, 0.717) is 12.3 Å². The number of unbranched alkanes of at least 4 members (excludes halogenated alkanes) is 1. The van der Waals surface area contributed by atoms with Crippen LogP contribution in [0.5, 0.6) is 5.75 Å². The molecule has 3 nitrogen and oxygen atoms in total. The molecule has 0 unspecified atom stereocenters. The Kier molecular flexibility index (Phi) is 7.87. The molecule has 19 heavy (non-hydrogen) atoms. The number of allylic oxidation sites excluding steroid dienone is 3. The van der Waals surface area contributed by atoms with Gasteiger partial charge in [-0.15, -0.1) is 0 Å². The van der Waals surface area contributed by atoms with E-state index in [0.717, 1.165) is 19.3 Å². The molecule has 1 aromatic rings. The molecule has 3 heteroatoms. The Bertz CT molecular complexity index is 410. The van der Waals surface area contributed by atoms with Gasteiger partial charge in [0.1, 0.15) is 5.75 Å². The predicted octanol–water partition coefficient (Wildman–Crippen LogP) is 4.08. The Balaban J connectivity index is 2.10. The van der Waals surface area contributed by atoms with Gasteiger partial charge in [0.25, 0.3) is 0 Å². The summed E-state index contributed by atoms with van der Waals surface area (Å²) >= 11 is 0. The van der Waals surface area contributed by atoms with Crippen LogP contribution in [0, 0.1) is 0 Å². The van der Waals surface area contributed by atoms with Gasteiger partial charge < -0.3 is 10.1 Å². The van der Waals surface area contributed by atoms with Crippen LogP contribution in [0.25, 0.3) is 0 Å². The number of benzene rings is 1. The Morgan fingerprint density at radius 1 is 1.11 bits per heavy atom. The standard InChI is InChI=1S/C16H21NO2/c1-2-3-4-5-6-7-11-14-17-16(18)19-15-12-9-8-10-13-15/h3-4,7-13H,2,5-6,14H2,1H3,(H,17,18). The van der Waals surface area contributed by atoms with Crippen molar-refractivity contribution in [1.29, 1.82) is 0 Å². The zero-order valence-corrected chi connectivity index (χ0v) is 11.3.